The highest BCUT2D eigenvalue weighted by Gasteiger charge is 2.27. The number of hydrogen-bond acceptors (Lipinski definition) is 3. The Labute approximate surface area is 105 Å². The van der Waals surface area contributed by atoms with E-state index in [1.165, 1.54) is 5.56 Å². The number of nitrogens with zero attached hydrogens (tertiary/aromatic N) is 3. The van der Waals surface area contributed by atoms with E-state index in [9.17, 15) is 0 Å². The first-order valence-corrected chi connectivity index (χ1v) is 6.74. The molecule has 1 aromatic heterocycles. The van der Waals surface area contributed by atoms with E-state index in [4.69, 9.17) is 0 Å². The second kappa shape index (κ2) is 4.37. The molecule has 2 heterocycles. The van der Waals surface area contributed by atoms with Gasteiger partial charge in [-0.1, -0.05) is 37.3 Å². The highest BCUT2D eigenvalue weighted by atomic mass is 32.2. The summed E-state index contributed by atoms with van der Waals surface area (Å²) in [5.74, 6) is 2.00. The molecule has 0 aliphatic carbocycles. The van der Waals surface area contributed by atoms with Gasteiger partial charge in [0.2, 0.25) is 0 Å². The number of fused-ring (bicyclic) bond motifs is 1. The minimum atomic E-state index is 0.215. The third-order valence-corrected chi connectivity index (χ3v) is 3.81. The lowest BCUT2D eigenvalue weighted by atomic mass is 10.1. The van der Waals surface area contributed by atoms with E-state index < -0.39 is 0 Å². The van der Waals surface area contributed by atoms with Crippen molar-refractivity contribution in [3.63, 3.8) is 0 Å². The average Bonchev–Trinajstić information content (AvgIpc) is 2.93. The summed E-state index contributed by atoms with van der Waals surface area (Å²) in [4.78, 5) is 4.68. The van der Waals surface area contributed by atoms with Crippen molar-refractivity contribution >= 4 is 23.3 Å². The largest absolute Gasteiger partial charge is 0.230 e. The molecule has 0 radical (unpaired) electrons. The van der Waals surface area contributed by atoms with Crippen LogP contribution in [0.4, 0.5) is 5.82 Å². The summed E-state index contributed by atoms with van der Waals surface area (Å²) >= 11 is 1.86. The van der Waals surface area contributed by atoms with Gasteiger partial charge in [0.05, 0.1) is 11.9 Å². The van der Waals surface area contributed by atoms with Gasteiger partial charge in [0, 0.05) is 6.07 Å². The normalized spacial score (nSPS) is 17.9. The molecule has 2 aromatic rings. The Morgan fingerprint density at radius 1 is 1.24 bits per heavy atom. The molecule has 1 aromatic carbocycles. The Morgan fingerprint density at radius 3 is 2.82 bits per heavy atom. The van der Waals surface area contributed by atoms with Crippen LogP contribution in [-0.4, -0.2) is 21.2 Å². The smallest absolute Gasteiger partial charge is 0.152 e. The lowest BCUT2D eigenvalue weighted by Crippen LogP contribution is -2.13. The van der Waals surface area contributed by atoms with E-state index in [1.807, 2.05) is 46.9 Å². The Kier molecular flexibility index (Phi) is 2.73. The van der Waals surface area contributed by atoms with Crippen LogP contribution < -0.4 is 0 Å². The van der Waals surface area contributed by atoms with Gasteiger partial charge in [0.25, 0.3) is 0 Å². The van der Waals surface area contributed by atoms with Crippen LogP contribution in [0.3, 0.4) is 0 Å². The van der Waals surface area contributed by atoms with Gasteiger partial charge < -0.3 is 0 Å². The first kappa shape index (κ1) is 10.6. The Bertz CT molecular complexity index is 545. The lowest BCUT2D eigenvalue weighted by molar-refractivity contribution is 0.737. The zero-order valence-corrected chi connectivity index (χ0v) is 10.4. The lowest BCUT2D eigenvalue weighted by Gasteiger charge is -2.13. The van der Waals surface area contributed by atoms with Gasteiger partial charge in [-0.2, -0.15) is 5.10 Å². The third-order valence-electron chi connectivity index (χ3n) is 2.73. The first-order chi connectivity index (χ1) is 8.40. The van der Waals surface area contributed by atoms with Crippen molar-refractivity contribution in [1.29, 1.82) is 0 Å². The van der Waals surface area contributed by atoms with Gasteiger partial charge in [-0.25, -0.2) is 9.67 Å². The van der Waals surface area contributed by atoms with Crippen LogP contribution in [0.25, 0.3) is 0 Å². The molecule has 0 amide bonds. The van der Waals surface area contributed by atoms with Gasteiger partial charge in [-0.3, -0.25) is 0 Å². The minimum absolute atomic E-state index is 0.215. The molecule has 0 saturated heterocycles. The Morgan fingerprint density at radius 2 is 2.06 bits per heavy atom. The van der Waals surface area contributed by atoms with Crippen molar-refractivity contribution in [3.05, 3.63) is 48.2 Å². The van der Waals surface area contributed by atoms with E-state index in [0.29, 0.717) is 0 Å². The predicted octanol–water partition coefficient (Wildman–Crippen LogP) is 3.27. The van der Waals surface area contributed by atoms with Crippen LogP contribution in [0, 0.1) is 0 Å². The van der Waals surface area contributed by atoms with Crippen molar-refractivity contribution in [2.75, 3.05) is 5.75 Å². The fourth-order valence-electron chi connectivity index (χ4n) is 1.99. The molecule has 0 bridgehead atoms. The van der Waals surface area contributed by atoms with Crippen molar-refractivity contribution in [2.24, 2.45) is 4.99 Å². The highest BCUT2D eigenvalue weighted by Crippen LogP contribution is 2.36. The van der Waals surface area contributed by atoms with Crippen LogP contribution in [0.1, 0.15) is 17.9 Å². The molecule has 0 fully saturated rings. The minimum Gasteiger partial charge on any atom is -0.230 e. The molecule has 1 atom stereocenters. The van der Waals surface area contributed by atoms with E-state index in [2.05, 4.69) is 29.1 Å². The van der Waals surface area contributed by atoms with Crippen LogP contribution in [0.2, 0.25) is 0 Å². The molecule has 1 unspecified atom stereocenters. The quantitative estimate of drug-likeness (QED) is 0.828. The summed E-state index contributed by atoms with van der Waals surface area (Å²) in [6.07, 6.45) is 1.81. The SMILES string of the molecule is CCSC1C(c2ccccc2)=Nc2ccnn21. The molecule has 3 rings (SSSR count). The van der Waals surface area contributed by atoms with Gasteiger partial charge in [0.1, 0.15) is 5.37 Å². The van der Waals surface area contributed by atoms with Gasteiger partial charge in [-0.05, 0) is 11.3 Å². The van der Waals surface area contributed by atoms with Crippen LogP contribution in [-0.2, 0) is 0 Å². The zero-order valence-electron chi connectivity index (χ0n) is 9.58. The number of aliphatic imine (C=N–C) groups is 1. The number of benzene rings is 1. The highest BCUT2D eigenvalue weighted by molar-refractivity contribution is 8.00. The number of thioether (sulfide) groups is 1. The van der Waals surface area contributed by atoms with Gasteiger partial charge >= 0.3 is 0 Å². The monoisotopic (exact) mass is 243 g/mol. The van der Waals surface area contributed by atoms with Crippen molar-refractivity contribution < 1.29 is 0 Å². The molecule has 1 aliphatic rings. The Hall–Kier alpha value is -1.55. The summed E-state index contributed by atoms with van der Waals surface area (Å²) in [6, 6.07) is 12.3. The second-order valence-corrected chi connectivity index (χ2v) is 5.16. The van der Waals surface area contributed by atoms with Gasteiger partial charge in [-0.15, -0.1) is 11.8 Å². The third kappa shape index (κ3) is 1.78. The van der Waals surface area contributed by atoms with E-state index >= 15 is 0 Å². The molecular formula is C13H13N3S. The molecule has 0 spiro atoms. The van der Waals surface area contributed by atoms with Crippen molar-refractivity contribution in [1.82, 2.24) is 9.78 Å². The first-order valence-electron chi connectivity index (χ1n) is 5.69. The second-order valence-electron chi connectivity index (χ2n) is 3.80. The number of hydrogen-bond donors (Lipinski definition) is 0. The van der Waals surface area contributed by atoms with Crippen LogP contribution >= 0.6 is 11.8 Å². The van der Waals surface area contributed by atoms with E-state index in [0.717, 1.165) is 17.3 Å². The topological polar surface area (TPSA) is 30.2 Å². The maximum Gasteiger partial charge on any atom is 0.152 e. The van der Waals surface area contributed by atoms with E-state index in [1.54, 1.807) is 0 Å². The number of rotatable bonds is 3. The Balaban J connectivity index is 2.03. The average molecular weight is 243 g/mol. The predicted molar refractivity (Wildman–Crippen MR) is 72.0 cm³/mol. The number of aromatic nitrogens is 2. The van der Waals surface area contributed by atoms with Gasteiger partial charge in [0.15, 0.2) is 5.82 Å². The van der Waals surface area contributed by atoms with Crippen LogP contribution in [0.5, 0.6) is 0 Å². The molecule has 86 valence electrons. The van der Waals surface area contributed by atoms with E-state index in [-0.39, 0.29) is 5.37 Å². The zero-order chi connectivity index (χ0) is 11.7. The standard InChI is InChI=1S/C13H13N3S/c1-2-17-13-12(10-6-4-3-5-7-10)15-11-8-9-14-16(11)13/h3-9,13H,2H2,1H3. The molecular weight excluding hydrogens is 230 g/mol. The summed E-state index contributed by atoms with van der Waals surface area (Å²) in [5.41, 5.74) is 2.30. The molecule has 17 heavy (non-hydrogen) atoms. The van der Waals surface area contributed by atoms with Crippen molar-refractivity contribution in [2.45, 2.75) is 12.3 Å². The summed E-state index contributed by atoms with van der Waals surface area (Å²) in [7, 11) is 0. The maximum absolute atomic E-state index is 4.68. The summed E-state index contributed by atoms with van der Waals surface area (Å²) in [6.45, 7) is 2.16. The molecule has 3 nitrogen and oxygen atoms in total. The van der Waals surface area contributed by atoms with Crippen LogP contribution in [0.15, 0.2) is 47.6 Å². The molecule has 4 heteroatoms. The maximum atomic E-state index is 4.68. The fourth-order valence-corrected chi connectivity index (χ4v) is 2.96. The van der Waals surface area contributed by atoms with Crippen molar-refractivity contribution in [3.8, 4) is 0 Å². The molecule has 0 saturated carbocycles. The molecule has 1 aliphatic heterocycles. The fraction of sp³-hybridized carbons (Fsp3) is 0.231. The molecule has 0 N–H and O–H groups in total. The summed E-state index contributed by atoms with van der Waals surface area (Å²) in [5, 5.41) is 4.57. The summed E-state index contributed by atoms with van der Waals surface area (Å²) < 4.78 is 2.00.